The van der Waals surface area contributed by atoms with Crippen LogP contribution in [0.2, 0.25) is 0 Å². The van der Waals surface area contributed by atoms with Gasteiger partial charge in [0.15, 0.2) is 11.6 Å². The van der Waals surface area contributed by atoms with Crippen LogP contribution in [-0.4, -0.2) is 23.1 Å². The molecule has 1 aliphatic rings. The van der Waals surface area contributed by atoms with Crippen LogP contribution >= 0.6 is 0 Å². The van der Waals surface area contributed by atoms with Gasteiger partial charge in [-0.05, 0) is 50.0 Å². The molecule has 0 bridgehead atoms. The van der Waals surface area contributed by atoms with Gasteiger partial charge in [0.2, 0.25) is 0 Å². The fourth-order valence-electron chi connectivity index (χ4n) is 2.64. The molecule has 5 heteroatoms. The van der Waals surface area contributed by atoms with Crippen molar-refractivity contribution in [2.75, 3.05) is 13.1 Å². The number of nitrogens with zero attached hydrogens (tertiary/aromatic N) is 1. The topological polar surface area (TPSA) is 40.7 Å². The van der Waals surface area contributed by atoms with Gasteiger partial charge in [-0.15, -0.1) is 0 Å². The quantitative estimate of drug-likeness (QED) is 0.905. The number of aromatic nitrogens is 2. The van der Waals surface area contributed by atoms with Crippen molar-refractivity contribution >= 4 is 0 Å². The van der Waals surface area contributed by atoms with E-state index in [1.165, 1.54) is 6.07 Å². The van der Waals surface area contributed by atoms with Gasteiger partial charge >= 0.3 is 0 Å². The van der Waals surface area contributed by atoms with Crippen LogP contribution in [-0.2, 0) is 6.42 Å². The number of rotatable bonds is 3. The Morgan fingerprint density at radius 2 is 1.95 bits per heavy atom. The van der Waals surface area contributed by atoms with E-state index in [0.717, 1.165) is 49.9 Å². The van der Waals surface area contributed by atoms with E-state index in [1.807, 2.05) is 0 Å². The molecule has 0 amide bonds. The zero-order valence-corrected chi connectivity index (χ0v) is 11.1. The smallest absolute Gasteiger partial charge is 0.159 e. The van der Waals surface area contributed by atoms with Crippen LogP contribution in [0, 0.1) is 17.6 Å². The highest BCUT2D eigenvalue weighted by molar-refractivity contribution is 5.58. The van der Waals surface area contributed by atoms with Crippen LogP contribution in [0.5, 0.6) is 0 Å². The number of imidazole rings is 1. The Labute approximate surface area is 116 Å². The van der Waals surface area contributed by atoms with E-state index >= 15 is 0 Å². The second kappa shape index (κ2) is 5.71. The summed E-state index contributed by atoms with van der Waals surface area (Å²) < 4.78 is 26.2. The molecule has 1 saturated heterocycles. The molecular weight excluding hydrogens is 260 g/mol. The zero-order chi connectivity index (χ0) is 13.9. The Kier molecular flexibility index (Phi) is 3.78. The molecule has 0 saturated carbocycles. The van der Waals surface area contributed by atoms with Crippen LogP contribution in [0.4, 0.5) is 8.78 Å². The molecule has 106 valence electrons. The number of H-pyrrole nitrogens is 1. The van der Waals surface area contributed by atoms with Crippen molar-refractivity contribution in [3.05, 3.63) is 41.9 Å². The van der Waals surface area contributed by atoms with Gasteiger partial charge in [-0.3, -0.25) is 0 Å². The molecule has 0 radical (unpaired) electrons. The Morgan fingerprint density at radius 3 is 2.70 bits per heavy atom. The van der Waals surface area contributed by atoms with Crippen LogP contribution < -0.4 is 5.32 Å². The minimum absolute atomic E-state index is 0.618. The zero-order valence-electron chi connectivity index (χ0n) is 11.1. The molecule has 1 aromatic carbocycles. The van der Waals surface area contributed by atoms with Crippen LogP contribution in [0.15, 0.2) is 24.4 Å². The monoisotopic (exact) mass is 277 g/mol. The maximum absolute atomic E-state index is 13.2. The van der Waals surface area contributed by atoms with Gasteiger partial charge in [-0.1, -0.05) is 0 Å². The van der Waals surface area contributed by atoms with E-state index in [0.29, 0.717) is 11.5 Å². The average molecular weight is 277 g/mol. The number of aromatic amines is 1. The van der Waals surface area contributed by atoms with E-state index in [4.69, 9.17) is 0 Å². The number of piperidine rings is 1. The summed E-state index contributed by atoms with van der Waals surface area (Å²) in [6.45, 7) is 2.11. The van der Waals surface area contributed by atoms with E-state index in [-0.39, 0.29) is 0 Å². The van der Waals surface area contributed by atoms with Gasteiger partial charge < -0.3 is 10.3 Å². The van der Waals surface area contributed by atoms with Gasteiger partial charge in [0.25, 0.3) is 0 Å². The first-order valence-corrected chi connectivity index (χ1v) is 6.92. The molecule has 0 unspecified atom stereocenters. The minimum Gasteiger partial charge on any atom is -0.342 e. The Morgan fingerprint density at radius 1 is 1.15 bits per heavy atom. The van der Waals surface area contributed by atoms with Gasteiger partial charge in [-0.25, -0.2) is 13.8 Å². The number of nitrogens with one attached hydrogen (secondary N) is 2. The molecule has 2 aromatic rings. The summed E-state index contributed by atoms with van der Waals surface area (Å²) in [4.78, 5) is 7.55. The molecule has 1 aromatic heterocycles. The third kappa shape index (κ3) is 2.88. The van der Waals surface area contributed by atoms with E-state index < -0.39 is 11.6 Å². The molecule has 0 atom stereocenters. The first-order valence-electron chi connectivity index (χ1n) is 6.92. The normalized spacial score (nSPS) is 16.5. The minimum atomic E-state index is -0.836. The Hall–Kier alpha value is -1.75. The van der Waals surface area contributed by atoms with E-state index in [2.05, 4.69) is 15.3 Å². The first-order chi connectivity index (χ1) is 9.72. The summed E-state index contributed by atoms with van der Waals surface area (Å²) in [7, 11) is 0. The lowest BCUT2D eigenvalue weighted by Gasteiger charge is -2.21. The van der Waals surface area contributed by atoms with Crippen molar-refractivity contribution in [1.82, 2.24) is 15.3 Å². The standard InChI is InChI=1S/C15H17F2N3/c16-12-2-1-11(8-13(12)17)14-9-19-15(20-14)7-10-3-5-18-6-4-10/h1-2,8-10,18H,3-7H2,(H,19,20). The lowest BCUT2D eigenvalue weighted by molar-refractivity contribution is 0.368. The summed E-state index contributed by atoms with van der Waals surface area (Å²) in [5.74, 6) is -0.114. The molecule has 1 fully saturated rings. The average Bonchev–Trinajstić information content (AvgIpc) is 2.91. The third-order valence-corrected chi connectivity index (χ3v) is 3.80. The van der Waals surface area contributed by atoms with Crippen molar-refractivity contribution in [1.29, 1.82) is 0 Å². The maximum Gasteiger partial charge on any atom is 0.159 e. The first kappa shape index (κ1) is 13.2. The number of benzene rings is 1. The SMILES string of the molecule is Fc1ccc(-c2cnc(CC3CCNCC3)[nH]2)cc1F. The van der Waals surface area contributed by atoms with E-state index in [1.54, 1.807) is 12.3 Å². The molecule has 3 rings (SSSR count). The number of hydrogen-bond acceptors (Lipinski definition) is 2. The summed E-state index contributed by atoms with van der Waals surface area (Å²) in [6.07, 6.45) is 4.90. The fraction of sp³-hybridized carbons (Fsp3) is 0.400. The molecule has 20 heavy (non-hydrogen) atoms. The molecule has 3 nitrogen and oxygen atoms in total. The lowest BCUT2D eigenvalue weighted by atomic mass is 9.94. The van der Waals surface area contributed by atoms with Gasteiger partial charge in [0.1, 0.15) is 5.82 Å². The van der Waals surface area contributed by atoms with Gasteiger partial charge in [-0.2, -0.15) is 0 Å². The van der Waals surface area contributed by atoms with E-state index in [9.17, 15) is 8.78 Å². The van der Waals surface area contributed by atoms with Crippen molar-refractivity contribution in [3.63, 3.8) is 0 Å². The van der Waals surface area contributed by atoms with Crippen molar-refractivity contribution in [2.45, 2.75) is 19.3 Å². The van der Waals surface area contributed by atoms with Crippen molar-refractivity contribution in [2.24, 2.45) is 5.92 Å². The predicted molar refractivity (Wildman–Crippen MR) is 73.2 cm³/mol. The summed E-state index contributed by atoms with van der Waals surface area (Å²) in [5, 5.41) is 3.34. The fourth-order valence-corrected chi connectivity index (χ4v) is 2.64. The molecular formula is C15H17F2N3. The number of hydrogen-bond donors (Lipinski definition) is 2. The number of halogens is 2. The second-order valence-corrected chi connectivity index (χ2v) is 5.27. The Bertz CT molecular complexity index is 589. The summed E-state index contributed by atoms with van der Waals surface area (Å²) in [6, 6.07) is 3.88. The van der Waals surface area contributed by atoms with Gasteiger partial charge in [0, 0.05) is 12.0 Å². The lowest BCUT2D eigenvalue weighted by Crippen LogP contribution is -2.28. The molecule has 2 heterocycles. The predicted octanol–water partition coefficient (Wildman–Crippen LogP) is 2.90. The highest BCUT2D eigenvalue weighted by Crippen LogP contribution is 2.22. The van der Waals surface area contributed by atoms with Crippen LogP contribution in [0.25, 0.3) is 11.3 Å². The highest BCUT2D eigenvalue weighted by Gasteiger charge is 2.15. The van der Waals surface area contributed by atoms with Crippen LogP contribution in [0.1, 0.15) is 18.7 Å². The second-order valence-electron chi connectivity index (χ2n) is 5.27. The molecule has 0 spiro atoms. The molecule has 0 aliphatic carbocycles. The van der Waals surface area contributed by atoms with Crippen molar-refractivity contribution < 1.29 is 8.78 Å². The van der Waals surface area contributed by atoms with Crippen molar-refractivity contribution in [3.8, 4) is 11.3 Å². The third-order valence-electron chi connectivity index (χ3n) is 3.80. The Balaban J connectivity index is 1.73. The molecule has 2 N–H and O–H groups in total. The van der Waals surface area contributed by atoms with Gasteiger partial charge in [0.05, 0.1) is 11.9 Å². The maximum atomic E-state index is 13.2. The highest BCUT2D eigenvalue weighted by atomic mass is 19.2. The molecule has 1 aliphatic heterocycles. The summed E-state index contributed by atoms with van der Waals surface area (Å²) >= 11 is 0. The largest absolute Gasteiger partial charge is 0.342 e. The summed E-state index contributed by atoms with van der Waals surface area (Å²) in [5.41, 5.74) is 1.35. The van der Waals surface area contributed by atoms with Crippen LogP contribution in [0.3, 0.4) is 0 Å².